The highest BCUT2D eigenvalue weighted by atomic mass is 16.2. The molecule has 1 unspecified atom stereocenters. The summed E-state index contributed by atoms with van der Waals surface area (Å²) >= 11 is 0. The summed E-state index contributed by atoms with van der Waals surface area (Å²) in [6.07, 6.45) is 7.44. The predicted molar refractivity (Wildman–Crippen MR) is 80.1 cm³/mol. The van der Waals surface area contributed by atoms with Gasteiger partial charge in [-0.2, -0.15) is 0 Å². The molecule has 2 aliphatic rings. The van der Waals surface area contributed by atoms with E-state index in [-0.39, 0.29) is 5.91 Å². The number of hydrogen-bond acceptors (Lipinski definition) is 4. The minimum atomic E-state index is 0.0494. The summed E-state index contributed by atoms with van der Waals surface area (Å²) in [5, 5.41) is 11.6. The van der Waals surface area contributed by atoms with E-state index < -0.39 is 0 Å². The van der Waals surface area contributed by atoms with Gasteiger partial charge in [-0.05, 0) is 44.7 Å². The van der Waals surface area contributed by atoms with Gasteiger partial charge in [-0.3, -0.25) is 4.79 Å². The van der Waals surface area contributed by atoms with Crippen molar-refractivity contribution in [1.29, 1.82) is 0 Å². The number of nitrogens with one attached hydrogen (secondary N) is 1. The van der Waals surface area contributed by atoms with Gasteiger partial charge in [-0.15, -0.1) is 5.10 Å². The highest BCUT2D eigenvalue weighted by Gasteiger charge is 2.26. The van der Waals surface area contributed by atoms with Gasteiger partial charge in [0.15, 0.2) is 5.69 Å². The lowest BCUT2D eigenvalue weighted by molar-refractivity contribution is 0.0665. The summed E-state index contributed by atoms with van der Waals surface area (Å²) < 4.78 is 1.88. The third-order valence-electron chi connectivity index (χ3n) is 4.80. The van der Waals surface area contributed by atoms with Gasteiger partial charge in [-0.25, -0.2) is 4.68 Å². The second kappa shape index (κ2) is 6.56. The molecule has 2 fully saturated rings. The Morgan fingerprint density at radius 2 is 2.19 bits per heavy atom. The van der Waals surface area contributed by atoms with Crippen molar-refractivity contribution in [2.45, 2.75) is 45.1 Å². The van der Waals surface area contributed by atoms with E-state index in [1.807, 2.05) is 15.8 Å². The Morgan fingerprint density at radius 3 is 2.95 bits per heavy atom. The highest BCUT2D eigenvalue weighted by Crippen LogP contribution is 2.21. The second-order valence-corrected chi connectivity index (χ2v) is 6.23. The third kappa shape index (κ3) is 3.26. The van der Waals surface area contributed by atoms with E-state index in [0.29, 0.717) is 17.7 Å². The van der Waals surface area contributed by atoms with E-state index in [1.165, 1.54) is 6.42 Å². The standard InChI is InChI=1S/C15H25N5O/c1-2-12-4-3-9-19(10-12)15(21)14-11-20(18-17-14)13-5-7-16-8-6-13/h11-13,16H,2-10H2,1H3. The van der Waals surface area contributed by atoms with E-state index >= 15 is 0 Å². The van der Waals surface area contributed by atoms with Crippen molar-refractivity contribution < 1.29 is 4.79 Å². The molecule has 1 amide bonds. The van der Waals surface area contributed by atoms with Gasteiger partial charge in [0.2, 0.25) is 0 Å². The largest absolute Gasteiger partial charge is 0.337 e. The van der Waals surface area contributed by atoms with Gasteiger partial charge in [-0.1, -0.05) is 18.6 Å². The van der Waals surface area contributed by atoms with Crippen LogP contribution in [0, 0.1) is 5.92 Å². The lowest BCUT2D eigenvalue weighted by atomic mass is 9.95. The number of carbonyl (C=O) groups is 1. The van der Waals surface area contributed by atoms with Gasteiger partial charge < -0.3 is 10.2 Å². The Morgan fingerprint density at radius 1 is 1.38 bits per heavy atom. The number of amides is 1. The summed E-state index contributed by atoms with van der Waals surface area (Å²) in [6.45, 7) is 5.95. The van der Waals surface area contributed by atoms with E-state index in [9.17, 15) is 4.79 Å². The maximum Gasteiger partial charge on any atom is 0.276 e. The molecular weight excluding hydrogens is 266 g/mol. The molecule has 3 heterocycles. The second-order valence-electron chi connectivity index (χ2n) is 6.23. The number of likely N-dealkylation sites (tertiary alicyclic amines) is 1. The lowest BCUT2D eigenvalue weighted by Gasteiger charge is -2.31. The van der Waals surface area contributed by atoms with Crippen molar-refractivity contribution >= 4 is 5.91 Å². The van der Waals surface area contributed by atoms with Crippen molar-refractivity contribution in [1.82, 2.24) is 25.2 Å². The number of nitrogens with zero attached hydrogens (tertiary/aromatic N) is 4. The molecule has 1 aromatic heterocycles. The van der Waals surface area contributed by atoms with Crippen molar-refractivity contribution in [2.24, 2.45) is 5.92 Å². The fourth-order valence-electron chi connectivity index (χ4n) is 3.37. The molecular formula is C15H25N5O. The zero-order valence-corrected chi connectivity index (χ0v) is 12.8. The summed E-state index contributed by atoms with van der Waals surface area (Å²) in [5.74, 6) is 0.690. The molecule has 1 atom stereocenters. The summed E-state index contributed by atoms with van der Waals surface area (Å²) in [7, 11) is 0. The molecule has 1 aromatic rings. The molecule has 3 rings (SSSR count). The fourth-order valence-corrected chi connectivity index (χ4v) is 3.37. The van der Waals surface area contributed by atoms with E-state index in [1.54, 1.807) is 0 Å². The summed E-state index contributed by atoms with van der Waals surface area (Å²) in [4.78, 5) is 14.5. The van der Waals surface area contributed by atoms with Crippen molar-refractivity contribution in [3.8, 4) is 0 Å². The molecule has 0 radical (unpaired) electrons. The van der Waals surface area contributed by atoms with Crippen LogP contribution in [0.25, 0.3) is 0 Å². The van der Waals surface area contributed by atoms with Crippen LogP contribution in [0.1, 0.15) is 55.6 Å². The van der Waals surface area contributed by atoms with E-state index in [4.69, 9.17) is 0 Å². The Balaban J connectivity index is 1.66. The minimum absolute atomic E-state index is 0.0494. The van der Waals surface area contributed by atoms with Crippen molar-refractivity contribution in [3.63, 3.8) is 0 Å². The fraction of sp³-hybridized carbons (Fsp3) is 0.800. The first-order valence-electron chi connectivity index (χ1n) is 8.19. The molecule has 21 heavy (non-hydrogen) atoms. The topological polar surface area (TPSA) is 63.1 Å². The quantitative estimate of drug-likeness (QED) is 0.916. The monoisotopic (exact) mass is 291 g/mol. The van der Waals surface area contributed by atoms with Crippen LogP contribution < -0.4 is 5.32 Å². The lowest BCUT2D eigenvalue weighted by Crippen LogP contribution is -2.39. The average Bonchev–Trinajstić information content (AvgIpc) is 3.05. The van der Waals surface area contributed by atoms with Gasteiger partial charge >= 0.3 is 0 Å². The van der Waals surface area contributed by atoms with Gasteiger partial charge in [0, 0.05) is 13.1 Å². The van der Waals surface area contributed by atoms with Crippen LogP contribution >= 0.6 is 0 Å². The third-order valence-corrected chi connectivity index (χ3v) is 4.80. The summed E-state index contributed by atoms with van der Waals surface area (Å²) in [6, 6.07) is 0.380. The molecule has 0 aliphatic carbocycles. The normalized spacial score (nSPS) is 24.2. The SMILES string of the molecule is CCC1CCCN(C(=O)c2cn(C3CCNCC3)nn2)C1. The molecule has 2 saturated heterocycles. The highest BCUT2D eigenvalue weighted by molar-refractivity contribution is 5.92. The predicted octanol–water partition coefficient (Wildman–Crippen LogP) is 1.46. The maximum absolute atomic E-state index is 12.6. The molecule has 0 spiro atoms. The minimum Gasteiger partial charge on any atom is -0.337 e. The smallest absolute Gasteiger partial charge is 0.276 e. The molecule has 1 N–H and O–H groups in total. The van der Waals surface area contributed by atoms with Crippen molar-refractivity contribution in [3.05, 3.63) is 11.9 Å². The number of hydrogen-bond donors (Lipinski definition) is 1. The van der Waals surface area contributed by atoms with Crippen LogP contribution in [-0.2, 0) is 0 Å². The first-order chi connectivity index (χ1) is 10.3. The Kier molecular flexibility index (Phi) is 4.53. The Bertz CT molecular complexity index is 480. The molecule has 6 nitrogen and oxygen atoms in total. The summed E-state index contributed by atoms with van der Waals surface area (Å²) in [5.41, 5.74) is 0.505. The van der Waals surface area contributed by atoms with E-state index in [2.05, 4.69) is 22.6 Å². The van der Waals surface area contributed by atoms with Crippen LogP contribution in [0.5, 0.6) is 0 Å². The molecule has 6 heteroatoms. The first-order valence-corrected chi connectivity index (χ1v) is 8.19. The van der Waals surface area contributed by atoms with Crippen LogP contribution in [-0.4, -0.2) is 52.0 Å². The van der Waals surface area contributed by atoms with Crippen LogP contribution in [0.15, 0.2) is 6.20 Å². The Labute approximate surface area is 125 Å². The average molecular weight is 291 g/mol. The zero-order chi connectivity index (χ0) is 14.7. The molecule has 0 bridgehead atoms. The van der Waals surface area contributed by atoms with Crippen LogP contribution in [0.4, 0.5) is 0 Å². The Hall–Kier alpha value is -1.43. The van der Waals surface area contributed by atoms with Gasteiger partial charge in [0.05, 0.1) is 12.2 Å². The molecule has 2 aliphatic heterocycles. The van der Waals surface area contributed by atoms with Crippen molar-refractivity contribution in [2.75, 3.05) is 26.2 Å². The molecule has 116 valence electrons. The number of aromatic nitrogens is 3. The number of carbonyl (C=O) groups excluding carboxylic acids is 1. The van der Waals surface area contributed by atoms with E-state index in [0.717, 1.165) is 51.9 Å². The van der Waals surface area contributed by atoms with Crippen LogP contribution in [0.3, 0.4) is 0 Å². The number of rotatable bonds is 3. The van der Waals surface area contributed by atoms with Gasteiger partial charge in [0.1, 0.15) is 0 Å². The zero-order valence-electron chi connectivity index (χ0n) is 12.8. The molecule has 0 aromatic carbocycles. The molecule has 0 saturated carbocycles. The van der Waals surface area contributed by atoms with Gasteiger partial charge in [0.25, 0.3) is 5.91 Å². The number of piperidine rings is 2. The van der Waals surface area contributed by atoms with Crippen LogP contribution in [0.2, 0.25) is 0 Å². The maximum atomic E-state index is 12.6. The first kappa shape index (κ1) is 14.5.